The molecule has 0 unspecified atom stereocenters. The molecule has 1 aliphatic heterocycles. The molecule has 6 nitrogen and oxygen atoms in total. The molecular weight excluding hydrogens is 350 g/mol. The summed E-state index contributed by atoms with van der Waals surface area (Å²) in [6.45, 7) is 0. The maximum Gasteiger partial charge on any atom is 0.290 e. The molecule has 2 amide bonds. The van der Waals surface area contributed by atoms with E-state index < -0.39 is 11.1 Å². The van der Waals surface area contributed by atoms with Gasteiger partial charge in [-0.25, -0.2) is 0 Å². The van der Waals surface area contributed by atoms with Crippen LogP contribution in [0.1, 0.15) is 16.9 Å². The summed E-state index contributed by atoms with van der Waals surface area (Å²) in [6, 6.07) is 9.07. The van der Waals surface area contributed by atoms with Crippen LogP contribution in [0.2, 0.25) is 0 Å². The van der Waals surface area contributed by atoms with Crippen molar-refractivity contribution < 1.29 is 14.0 Å². The van der Waals surface area contributed by atoms with Gasteiger partial charge in [0, 0.05) is 35.1 Å². The summed E-state index contributed by atoms with van der Waals surface area (Å²) in [5, 5.41) is 2.56. The fourth-order valence-corrected chi connectivity index (χ4v) is 3.10. The molecule has 7 heteroatoms. The van der Waals surface area contributed by atoms with Crippen molar-refractivity contribution in [3.05, 3.63) is 64.5 Å². The van der Waals surface area contributed by atoms with Gasteiger partial charge in [0.2, 0.25) is 0 Å². The number of pyridine rings is 1. The first kappa shape index (κ1) is 16.0. The number of benzene rings is 1. The van der Waals surface area contributed by atoms with Crippen molar-refractivity contribution >= 4 is 45.6 Å². The first-order valence-electron chi connectivity index (χ1n) is 7.59. The average Bonchev–Trinajstić information content (AvgIpc) is 3.17. The van der Waals surface area contributed by atoms with E-state index in [9.17, 15) is 9.59 Å². The number of nitrogen functional groups attached to an aromatic ring is 1. The lowest BCUT2D eigenvalue weighted by molar-refractivity contribution is -0.115. The summed E-state index contributed by atoms with van der Waals surface area (Å²) in [4.78, 5) is 27.4. The number of para-hydroxylation sites is 1. The zero-order valence-corrected chi connectivity index (χ0v) is 14.1. The van der Waals surface area contributed by atoms with Gasteiger partial charge in [0.25, 0.3) is 11.1 Å². The van der Waals surface area contributed by atoms with Crippen LogP contribution in [0.3, 0.4) is 0 Å². The second-order valence-electron chi connectivity index (χ2n) is 5.44. The second kappa shape index (κ2) is 6.43. The minimum Gasteiger partial charge on any atom is -0.455 e. The van der Waals surface area contributed by atoms with Crippen LogP contribution >= 0.6 is 11.8 Å². The van der Waals surface area contributed by atoms with Gasteiger partial charge in [-0.15, -0.1) is 0 Å². The number of nitrogens with two attached hydrogens (primary N) is 1. The van der Waals surface area contributed by atoms with E-state index in [0.717, 1.165) is 22.7 Å². The molecule has 1 aliphatic rings. The SMILES string of the molecule is Nc1ccccc1C#Cc1cncc2cc(/C=C3/SC(=O)NC3=O)oc12. The third-order valence-electron chi connectivity index (χ3n) is 3.65. The topological polar surface area (TPSA) is 98.2 Å². The van der Waals surface area contributed by atoms with Crippen LogP contribution in [0.4, 0.5) is 10.5 Å². The van der Waals surface area contributed by atoms with Gasteiger partial charge in [-0.05, 0) is 30.0 Å². The van der Waals surface area contributed by atoms with E-state index in [2.05, 4.69) is 22.1 Å². The van der Waals surface area contributed by atoms with Crippen molar-refractivity contribution in [3.8, 4) is 11.8 Å². The summed E-state index contributed by atoms with van der Waals surface area (Å²) in [5.41, 5.74) is 8.38. The molecule has 126 valence electrons. The molecule has 1 fully saturated rings. The number of amides is 2. The van der Waals surface area contributed by atoms with Crippen molar-refractivity contribution in [3.63, 3.8) is 0 Å². The maximum absolute atomic E-state index is 11.7. The number of hydrogen-bond acceptors (Lipinski definition) is 6. The molecule has 0 atom stereocenters. The van der Waals surface area contributed by atoms with Crippen molar-refractivity contribution in [2.75, 3.05) is 5.73 Å². The van der Waals surface area contributed by atoms with Gasteiger partial charge in [-0.1, -0.05) is 24.0 Å². The highest BCUT2D eigenvalue weighted by Crippen LogP contribution is 2.28. The number of hydrogen-bond donors (Lipinski definition) is 2. The van der Waals surface area contributed by atoms with Crippen molar-refractivity contribution in [2.45, 2.75) is 0 Å². The highest BCUT2D eigenvalue weighted by atomic mass is 32.2. The van der Waals surface area contributed by atoms with E-state index in [0.29, 0.717) is 22.6 Å². The Balaban J connectivity index is 1.73. The van der Waals surface area contributed by atoms with Gasteiger partial charge in [0.05, 0.1) is 10.5 Å². The minimum absolute atomic E-state index is 0.284. The molecule has 0 saturated carbocycles. The number of carbonyl (C=O) groups is 2. The number of rotatable bonds is 1. The molecule has 3 aromatic rings. The van der Waals surface area contributed by atoms with Crippen LogP contribution in [0.15, 0.2) is 52.0 Å². The van der Waals surface area contributed by atoms with E-state index in [-0.39, 0.29) is 4.91 Å². The number of furan rings is 1. The minimum atomic E-state index is -0.432. The molecule has 0 spiro atoms. The zero-order valence-electron chi connectivity index (χ0n) is 13.3. The van der Waals surface area contributed by atoms with Crippen molar-refractivity contribution in [2.24, 2.45) is 0 Å². The Morgan fingerprint density at radius 2 is 1.96 bits per heavy atom. The van der Waals surface area contributed by atoms with Gasteiger partial charge >= 0.3 is 0 Å². The number of anilines is 1. The molecule has 1 saturated heterocycles. The molecule has 1 aromatic carbocycles. The number of carbonyl (C=O) groups excluding carboxylic acids is 2. The van der Waals surface area contributed by atoms with E-state index in [1.807, 2.05) is 18.2 Å². The van der Waals surface area contributed by atoms with Crippen LogP contribution in [-0.4, -0.2) is 16.1 Å². The first-order valence-corrected chi connectivity index (χ1v) is 8.41. The Morgan fingerprint density at radius 3 is 2.73 bits per heavy atom. The van der Waals surface area contributed by atoms with Crippen LogP contribution in [0.25, 0.3) is 17.0 Å². The Hall–Kier alpha value is -3.50. The molecule has 0 radical (unpaired) electrons. The third-order valence-corrected chi connectivity index (χ3v) is 4.46. The number of imide groups is 1. The predicted octanol–water partition coefficient (Wildman–Crippen LogP) is 3.13. The Kier molecular flexibility index (Phi) is 3.95. The Morgan fingerprint density at radius 1 is 1.15 bits per heavy atom. The lowest BCUT2D eigenvalue weighted by Gasteiger charge is -1.95. The normalized spacial score (nSPS) is 15.2. The van der Waals surface area contributed by atoms with Crippen molar-refractivity contribution in [1.82, 2.24) is 10.3 Å². The maximum atomic E-state index is 11.7. The standard InChI is InChI=1S/C19H11N3O3S/c20-15-4-2-1-3-11(15)5-6-12-9-21-10-13-7-14(25-17(12)13)8-16-18(23)22-19(24)26-16/h1-4,7-10H,20H2,(H,22,23,24)/b16-8+. The lowest BCUT2D eigenvalue weighted by Crippen LogP contribution is -2.17. The fraction of sp³-hybridized carbons (Fsp3) is 0. The fourth-order valence-electron chi connectivity index (χ4n) is 2.44. The highest BCUT2D eigenvalue weighted by molar-refractivity contribution is 8.18. The second-order valence-corrected chi connectivity index (χ2v) is 6.46. The number of fused-ring (bicyclic) bond motifs is 1. The van der Waals surface area contributed by atoms with Crippen LogP contribution in [0.5, 0.6) is 0 Å². The van der Waals surface area contributed by atoms with Crippen LogP contribution < -0.4 is 11.1 Å². The molecular formula is C19H11N3O3S. The van der Waals surface area contributed by atoms with Crippen molar-refractivity contribution in [1.29, 1.82) is 0 Å². The Labute approximate surface area is 152 Å². The first-order chi connectivity index (χ1) is 12.6. The van der Waals surface area contributed by atoms with Gasteiger partial charge in [0.1, 0.15) is 5.76 Å². The molecule has 26 heavy (non-hydrogen) atoms. The molecule has 0 aliphatic carbocycles. The van der Waals surface area contributed by atoms with Gasteiger partial charge < -0.3 is 10.2 Å². The number of nitrogens with zero attached hydrogens (tertiary/aromatic N) is 1. The van der Waals surface area contributed by atoms with Gasteiger partial charge in [0.15, 0.2) is 5.58 Å². The molecule has 2 aromatic heterocycles. The summed E-state index contributed by atoms with van der Waals surface area (Å²) in [7, 11) is 0. The smallest absolute Gasteiger partial charge is 0.290 e. The molecule has 3 N–H and O–H groups in total. The summed E-state index contributed by atoms with van der Waals surface area (Å²) in [5.74, 6) is 6.05. The number of aromatic nitrogens is 1. The largest absolute Gasteiger partial charge is 0.455 e. The summed E-state index contributed by atoms with van der Waals surface area (Å²) in [6.07, 6.45) is 4.78. The average molecular weight is 361 g/mol. The van der Waals surface area contributed by atoms with Crippen LogP contribution in [-0.2, 0) is 4.79 Å². The highest BCUT2D eigenvalue weighted by Gasteiger charge is 2.25. The lowest BCUT2D eigenvalue weighted by atomic mass is 10.1. The van der Waals surface area contributed by atoms with Gasteiger partial charge in [-0.2, -0.15) is 0 Å². The van der Waals surface area contributed by atoms with Gasteiger partial charge in [-0.3, -0.25) is 19.9 Å². The van der Waals surface area contributed by atoms with Crippen LogP contribution in [0, 0.1) is 11.8 Å². The number of nitrogens with one attached hydrogen (secondary N) is 1. The quantitative estimate of drug-likeness (QED) is 0.392. The predicted molar refractivity (Wildman–Crippen MR) is 100.0 cm³/mol. The molecule has 3 heterocycles. The van der Waals surface area contributed by atoms with E-state index in [1.54, 1.807) is 24.5 Å². The Bertz CT molecular complexity index is 1150. The third kappa shape index (κ3) is 3.06. The summed E-state index contributed by atoms with van der Waals surface area (Å²) < 4.78 is 5.81. The van der Waals surface area contributed by atoms with E-state index in [1.165, 1.54) is 6.08 Å². The van der Waals surface area contributed by atoms with E-state index >= 15 is 0 Å². The number of thioether (sulfide) groups is 1. The molecule has 4 rings (SSSR count). The summed E-state index contributed by atoms with van der Waals surface area (Å²) >= 11 is 0.836. The monoisotopic (exact) mass is 361 g/mol. The zero-order chi connectivity index (χ0) is 18.1. The molecule has 0 bridgehead atoms. The van der Waals surface area contributed by atoms with E-state index in [4.69, 9.17) is 10.2 Å².